The van der Waals surface area contributed by atoms with Gasteiger partial charge in [-0.2, -0.15) is 44.6 Å². The lowest BCUT2D eigenvalue weighted by Crippen LogP contribution is -2.46. The lowest BCUT2D eigenvalue weighted by Gasteiger charge is -2.31. The summed E-state index contributed by atoms with van der Waals surface area (Å²) in [5, 5.41) is 0. The van der Waals surface area contributed by atoms with Crippen molar-refractivity contribution in [3.05, 3.63) is 0 Å². The van der Waals surface area contributed by atoms with Crippen LogP contribution in [0.1, 0.15) is 39.5 Å². The van der Waals surface area contributed by atoms with E-state index >= 15 is 0 Å². The molecule has 16 heavy (non-hydrogen) atoms. The molecule has 0 aromatic rings. The highest BCUT2D eigenvalue weighted by Crippen LogP contribution is 2.43. The van der Waals surface area contributed by atoms with E-state index in [1.807, 2.05) is 22.4 Å². The van der Waals surface area contributed by atoms with Crippen molar-refractivity contribution in [3.63, 3.8) is 0 Å². The van der Waals surface area contributed by atoms with Crippen molar-refractivity contribution < 1.29 is 0 Å². The Balaban J connectivity index is 4.11. The first kappa shape index (κ1) is 17.7. The number of unbranched alkanes of at least 4 members (excludes halogenated alkanes) is 2. The van der Waals surface area contributed by atoms with E-state index in [1.165, 1.54) is 37.2 Å². The fraction of sp³-hybridized carbons (Fsp3) is 1.00. The van der Waals surface area contributed by atoms with E-state index < -0.39 is 12.1 Å². The van der Waals surface area contributed by atoms with E-state index in [-0.39, 0.29) is 0 Å². The molecule has 6 heteroatoms. The molecule has 0 spiro atoms. The topological polar surface area (TPSA) is 0 Å². The summed E-state index contributed by atoms with van der Waals surface area (Å²) in [6.45, 7) is 8.93. The second kappa shape index (κ2) is 8.75. The Bertz CT molecular complexity index is 170. The molecule has 98 valence electrons. The molecule has 0 nitrogen and oxygen atoms in total. The molecule has 0 aliphatic carbocycles. The van der Waals surface area contributed by atoms with Gasteiger partial charge in [0.15, 0.2) is 0 Å². The van der Waals surface area contributed by atoms with Gasteiger partial charge in [0.2, 0.25) is 12.1 Å². The number of halogens is 2. The molecule has 0 fully saturated rings. The summed E-state index contributed by atoms with van der Waals surface area (Å²) < 4.78 is 0. The van der Waals surface area contributed by atoms with Gasteiger partial charge >= 0.3 is 0 Å². The molecule has 0 N–H and O–H groups in total. The molecule has 2 atom stereocenters. The van der Waals surface area contributed by atoms with Crippen LogP contribution >= 0.6 is 44.6 Å². The minimum atomic E-state index is -1.76. The molecule has 0 aromatic carbocycles. The summed E-state index contributed by atoms with van der Waals surface area (Å²) in [4.78, 5) is 0. The van der Waals surface area contributed by atoms with Crippen molar-refractivity contribution in [1.82, 2.24) is 0 Å². The molecule has 0 rings (SSSR count). The van der Waals surface area contributed by atoms with Gasteiger partial charge in [-0.1, -0.05) is 26.7 Å². The van der Waals surface area contributed by atoms with E-state index in [2.05, 4.69) is 26.9 Å². The van der Waals surface area contributed by atoms with E-state index in [4.69, 9.17) is 22.2 Å². The maximum absolute atomic E-state index is 6.75. The molecule has 0 heterocycles. The van der Waals surface area contributed by atoms with E-state index in [0.717, 1.165) is 0 Å². The second-order valence-electron chi connectivity index (χ2n) is 4.24. The molecule has 0 radical (unpaired) electrons. The summed E-state index contributed by atoms with van der Waals surface area (Å²) in [5.74, 6) is 2.37. The van der Waals surface area contributed by atoms with Gasteiger partial charge < -0.3 is 0 Å². The third kappa shape index (κ3) is 6.59. The van der Waals surface area contributed by atoms with Crippen LogP contribution in [-0.2, 0) is 0 Å². The van der Waals surface area contributed by atoms with Gasteiger partial charge in [0, 0.05) is 0 Å². The Kier molecular flexibility index (Phi) is 9.69. The minimum absolute atomic E-state index is 1.19. The standard InChI is InChI=1S/C10H24Cl2S2Si2/c1-5-7-9-13-15(3,11)16(4,12)14-10-8-6-2/h5-10H2,1-4H3. The highest BCUT2D eigenvalue weighted by atomic mass is 35.6. The fourth-order valence-electron chi connectivity index (χ4n) is 1.07. The molecule has 0 aliphatic rings. The Morgan fingerprint density at radius 1 is 0.812 bits per heavy atom. The first-order valence-electron chi connectivity index (χ1n) is 6.03. The highest BCUT2D eigenvalue weighted by molar-refractivity contribution is 8.56. The molecular weight excluding hydrogens is 311 g/mol. The zero-order chi connectivity index (χ0) is 12.7. The fourth-order valence-corrected chi connectivity index (χ4v) is 21.9. The zero-order valence-electron chi connectivity index (χ0n) is 10.8. The van der Waals surface area contributed by atoms with Crippen LogP contribution in [0.2, 0.25) is 13.1 Å². The van der Waals surface area contributed by atoms with Crippen LogP contribution in [0.5, 0.6) is 0 Å². The molecule has 0 saturated heterocycles. The Hall–Kier alpha value is 1.71. The van der Waals surface area contributed by atoms with Crippen molar-refractivity contribution in [3.8, 4) is 0 Å². The van der Waals surface area contributed by atoms with Crippen molar-refractivity contribution in [2.24, 2.45) is 0 Å². The predicted molar refractivity (Wildman–Crippen MR) is 89.7 cm³/mol. The van der Waals surface area contributed by atoms with Gasteiger partial charge in [-0.25, -0.2) is 0 Å². The van der Waals surface area contributed by atoms with Crippen LogP contribution in [0.25, 0.3) is 0 Å². The van der Waals surface area contributed by atoms with E-state index in [1.54, 1.807) is 0 Å². The van der Waals surface area contributed by atoms with Crippen LogP contribution < -0.4 is 0 Å². The third-order valence-corrected chi connectivity index (χ3v) is 38.2. The van der Waals surface area contributed by atoms with Gasteiger partial charge in [-0.15, -0.1) is 0 Å². The minimum Gasteiger partial charge on any atom is -0.168 e. The Morgan fingerprint density at radius 2 is 1.12 bits per heavy atom. The Morgan fingerprint density at radius 3 is 1.38 bits per heavy atom. The third-order valence-electron chi connectivity index (χ3n) is 2.54. The highest BCUT2D eigenvalue weighted by Gasteiger charge is 2.48. The predicted octanol–water partition coefficient (Wildman–Crippen LogP) is 5.75. The van der Waals surface area contributed by atoms with Crippen molar-refractivity contribution in [1.29, 1.82) is 0 Å². The molecule has 2 unspecified atom stereocenters. The summed E-state index contributed by atoms with van der Waals surface area (Å²) in [5.41, 5.74) is 0. The zero-order valence-corrected chi connectivity index (χ0v) is 16.0. The molecule has 0 saturated carbocycles. The largest absolute Gasteiger partial charge is 0.229 e. The maximum Gasteiger partial charge on any atom is 0.229 e. The lowest BCUT2D eigenvalue weighted by atomic mass is 10.4. The molecular formula is C10H24Cl2S2Si2. The SMILES string of the molecule is CCCCS[Si](C)(Cl)[Si](C)(Cl)SCCCC. The van der Waals surface area contributed by atoms with E-state index in [0.29, 0.717) is 0 Å². The van der Waals surface area contributed by atoms with Gasteiger partial charge in [-0.3, -0.25) is 0 Å². The van der Waals surface area contributed by atoms with Crippen molar-refractivity contribution >= 4 is 56.7 Å². The first-order chi connectivity index (χ1) is 7.37. The van der Waals surface area contributed by atoms with E-state index in [9.17, 15) is 0 Å². The number of hydrogen-bond donors (Lipinski definition) is 0. The lowest BCUT2D eigenvalue weighted by molar-refractivity contribution is 0.898. The normalized spacial score (nSPS) is 19.1. The van der Waals surface area contributed by atoms with Crippen LogP contribution in [0.3, 0.4) is 0 Å². The quantitative estimate of drug-likeness (QED) is 0.299. The van der Waals surface area contributed by atoms with Crippen molar-refractivity contribution in [2.75, 3.05) is 11.5 Å². The smallest absolute Gasteiger partial charge is 0.168 e. The van der Waals surface area contributed by atoms with Crippen LogP contribution in [-0.4, -0.2) is 23.6 Å². The maximum atomic E-state index is 6.75. The van der Waals surface area contributed by atoms with Gasteiger partial charge in [0.1, 0.15) is 0 Å². The van der Waals surface area contributed by atoms with Crippen LogP contribution in [0, 0.1) is 0 Å². The van der Waals surface area contributed by atoms with Gasteiger partial charge in [0.05, 0.1) is 0 Å². The molecule has 0 aromatic heterocycles. The van der Waals surface area contributed by atoms with Crippen LogP contribution in [0.15, 0.2) is 0 Å². The Labute approximate surface area is 120 Å². The van der Waals surface area contributed by atoms with Crippen molar-refractivity contribution in [2.45, 2.75) is 52.6 Å². The second-order valence-corrected chi connectivity index (χ2v) is 31.9. The summed E-state index contributed by atoms with van der Waals surface area (Å²) in [6.07, 6.45) is 5.03. The average molecular weight is 336 g/mol. The van der Waals surface area contributed by atoms with Gasteiger partial charge in [0.25, 0.3) is 0 Å². The molecule has 0 aliphatic heterocycles. The van der Waals surface area contributed by atoms with Crippen LogP contribution in [0.4, 0.5) is 0 Å². The summed E-state index contributed by atoms with van der Waals surface area (Å²) in [6, 6.07) is -3.52. The summed E-state index contributed by atoms with van der Waals surface area (Å²) in [7, 11) is 0. The first-order valence-corrected chi connectivity index (χ1v) is 17.5. The van der Waals surface area contributed by atoms with Gasteiger partial charge in [-0.05, 0) is 37.4 Å². The average Bonchev–Trinajstić information content (AvgIpc) is 2.18. The summed E-state index contributed by atoms with van der Waals surface area (Å²) >= 11 is 17.5. The molecule has 0 bridgehead atoms. The number of hydrogen-bond acceptors (Lipinski definition) is 2. The monoisotopic (exact) mass is 334 g/mol. The number of rotatable bonds is 9. The molecule has 0 amide bonds.